The molecule has 9 nitrogen and oxygen atoms in total. The van der Waals surface area contributed by atoms with E-state index in [1.165, 1.54) is 263 Å². The molecule has 0 bridgehead atoms. The minimum atomic E-state index is -4.63. The monoisotopic (exact) mass is 1030 g/mol. The Hall–Kier alpha value is -0.990. The van der Waals surface area contributed by atoms with Crippen molar-refractivity contribution in [1.82, 2.24) is 0 Å². The molecule has 0 spiro atoms. The van der Waals surface area contributed by atoms with Crippen LogP contribution in [0.4, 0.5) is 0 Å². The molecule has 10 heteroatoms. The molecule has 0 radical (unpaired) electrons. The van der Waals surface area contributed by atoms with Crippen molar-refractivity contribution in [3.05, 3.63) is 0 Å². The van der Waals surface area contributed by atoms with Crippen molar-refractivity contribution in [1.29, 1.82) is 0 Å². The number of phosphoric ester groups is 1. The molecule has 2 unspecified atom stereocenters. The molecule has 0 N–H and O–H groups in total. The highest BCUT2D eigenvalue weighted by atomic mass is 31.2. The Labute approximate surface area is 442 Å². The van der Waals surface area contributed by atoms with E-state index in [1.807, 2.05) is 21.1 Å². The number of rotatable bonds is 59. The zero-order chi connectivity index (χ0) is 52.0. The number of likely N-dealkylation sites (N-methyl/N-ethyl adjacent to an activating group) is 1. The SMILES string of the molecule is CCCCCCCCCCCCCCCCCCCCCCCCCCCCCCCCCC(=O)OC(COC(=O)CCCCCCCCCCCCCCCCCC)COP(=O)([O-])OCC[N+](C)(C)C. The molecule has 0 amide bonds. The molecule has 0 rings (SSSR count). The third-order valence-electron chi connectivity index (χ3n) is 14.4. The van der Waals surface area contributed by atoms with Crippen molar-refractivity contribution in [3.8, 4) is 0 Å². The summed E-state index contributed by atoms with van der Waals surface area (Å²) in [7, 11) is 1.19. The molecular weight excluding hydrogens is 906 g/mol. The van der Waals surface area contributed by atoms with Gasteiger partial charge in [0.2, 0.25) is 0 Å². The van der Waals surface area contributed by atoms with E-state index in [0.29, 0.717) is 17.4 Å². The highest BCUT2D eigenvalue weighted by molar-refractivity contribution is 7.45. The summed E-state index contributed by atoms with van der Waals surface area (Å²) in [6.07, 6.45) is 61.7. The smallest absolute Gasteiger partial charge is 0.306 e. The molecule has 0 aliphatic heterocycles. The average Bonchev–Trinajstić information content (AvgIpc) is 3.33. The lowest BCUT2D eigenvalue weighted by Gasteiger charge is -2.28. The summed E-state index contributed by atoms with van der Waals surface area (Å²) < 4.78 is 34.2. The Balaban J connectivity index is 3.98. The van der Waals surface area contributed by atoms with E-state index in [1.54, 1.807) is 0 Å². The molecule has 0 aliphatic carbocycles. The molecule has 424 valence electrons. The first-order valence-corrected chi connectivity index (χ1v) is 32.7. The van der Waals surface area contributed by atoms with Gasteiger partial charge in [-0.05, 0) is 12.8 Å². The van der Waals surface area contributed by atoms with Gasteiger partial charge in [-0.2, -0.15) is 0 Å². The number of hydrogen-bond acceptors (Lipinski definition) is 8. The van der Waals surface area contributed by atoms with Crippen LogP contribution in [-0.2, 0) is 32.7 Å². The fourth-order valence-electron chi connectivity index (χ4n) is 9.54. The topological polar surface area (TPSA) is 111 Å². The Bertz CT molecular complexity index is 1160. The predicted octanol–water partition coefficient (Wildman–Crippen LogP) is 18.8. The molecule has 0 saturated carbocycles. The molecular formula is C61H122NO8P. The van der Waals surface area contributed by atoms with Crippen LogP contribution in [0.1, 0.15) is 328 Å². The molecule has 0 saturated heterocycles. The molecule has 0 heterocycles. The number of phosphoric acid groups is 1. The number of carbonyl (C=O) groups excluding carboxylic acids is 2. The Morgan fingerprint density at radius 2 is 0.634 bits per heavy atom. The van der Waals surface area contributed by atoms with Gasteiger partial charge in [-0.15, -0.1) is 0 Å². The lowest BCUT2D eigenvalue weighted by Crippen LogP contribution is -2.37. The van der Waals surface area contributed by atoms with Crippen LogP contribution in [-0.4, -0.2) is 70.0 Å². The van der Waals surface area contributed by atoms with Gasteiger partial charge in [-0.25, -0.2) is 0 Å². The van der Waals surface area contributed by atoms with Crippen molar-refractivity contribution in [2.75, 3.05) is 47.5 Å². The molecule has 71 heavy (non-hydrogen) atoms. The summed E-state index contributed by atoms with van der Waals surface area (Å²) >= 11 is 0. The first-order chi connectivity index (χ1) is 34.5. The highest BCUT2D eigenvalue weighted by Crippen LogP contribution is 2.38. The first-order valence-electron chi connectivity index (χ1n) is 31.2. The summed E-state index contributed by atoms with van der Waals surface area (Å²) in [5.41, 5.74) is 0. The van der Waals surface area contributed by atoms with Gasteiger partial charge < -0.3 is 27.9 Å². The highest BCUT2D eigenvalue weighted by Gasteiger charge is 2.22. The van der Waals surface area contributed by atoms with Crippen molar-refractivity contribution in [3.63, 3.8) is 0 Å². The molecule has 0 aliphatic rings. The maximum atomic E-state index is 12.8. The second kappa shape index (κ2) is 53.8. The Morgan fingerprint density at radius 3 is 0.901 bits per heavy atom. The van der Waals surface area contributed by atoms with Gasteiger partial charge in [-0.3, -0.25) is 14.2 Å². The van der Waals surface area contributed by atoms with Crippen LogP contribution in [0.15, 0.2) is 0 Å². The van der Waals surface area contributed by atoms with Crippen molar-refractivity contribution in [2.24, 2.45) is 0 Å². The summed E-state index contributed by atoms with van der Waals surface area (Å²) in [6, 6.07) is 0. The van der Waals surface area contributed by atoms with Crippen molar-refractivity contribution >= 4 is 19.8 Å². The molecule has 0 aromatic heterocycles. The normalized spacial score (nSPS) is 13.2. The van der Waals surface area contributed by atoms with Gasteiger partial charge in [-0.1, -0.05) is 303 Å². The quantitative estimate of drug-likeness (QED) is 0.0256. The van der Waals surface area contributed by atoms with Crippen LogP contribution in [0.25, 0.3) is 0 Å². The van der Waals surface area contributed by atoms with Crippen LogP contribution < -0.4 is 4.89 Å². The summed E-state index contributed by atoms with van der Waals surface area (Å²) in [5, 5.41) is 0. The van der Waals surface area contributed by atoms with Gasteiger partial charge in [0.25, 0.3) is 7.82 Å². The van der Waals surface area contributed by atoms with E-state index >= 15 is 0 Å². The van der Waals surface area contributed by atoms with E-state index in [9.17, 15) is 19.0 Å². The Morgan fingerprint density at radius 1 is 0.380 bits per heavy atom. The van der Waals surface area contributed by atoms with Gasteiger partial charge in [0.15, 0.2) is 6.10 Å². The van der Waals surface area contributed by atoms with E-state index in [-0.39, 0.29) is 32.0 Å². The third kappa shape index (κ3) is 58.1. The maximum absolute atomic E-state index is 12.8. The number of esters is 2. The van der Waals surface area contributed by atoms with Gasteiger partial charge in [0, 0.05) is 12.8 Å². The summed E-state index contributed by atoms with van der Waals surface area (Å²) in [6.45, 7) is 4.31. The molecule has 0 aromatic carbocycles. The van der Waals surface area contributed by atoms with E-state index in [2.05, 4.69) is 13.8 Å². The van der Waals surface area contributed by atoms with E-state index in [4.69, 9.17) is 18.5 Å². The zero-order valence-electron chi connectivity index (χ0n) is 48.2. The summed E-state index contributed by atoms with van der Waals surface area (Å²) in [5.74, 6) is -0.809. The van der Waals surface area contributed by atoms with Crippen molar-refractivity contribution < 1.29 is 42.1 Å². The molecule has 0 aromatic rings. The Kier molecular flexibility index (Phi) is 53.1. The second-order valence-corrected chi connectivity index (χ2v) is 24.2. The van der Waals surface area contributed by atoms with Crippen molar-refractivity contribution in [2.45, 2.75) is 335 Å². The number of unbranched alkanes of at least 4 members (excludes halogenated alkanes) is 45. The fraction of sp³-hybridized carbons (Fsp3) is 0.967. The van der Waals surface area contributed by atoms with Gasteiger partial charge >= 0.3 is 11.9 Å². The minimum absolute atomic E-state index is 0.0251. The zero-order valence-corrected chi connectivity index (χ0v) is 49.1. The summed E-state index contributed by atoms with van der Waals surface area (Å²) in [4.78, 5) is 37.9. The number of hydrogen-bond donors (Lipinski definition) is 0. The number of carbonyl (C=O) groups is 2. The van der Waals surface area contributed by atoms with Crippen LogP contribution in [0.2, 0.25) is 0 Å². The van der Waals surface area contributed by atoms with Gasteiger partial charge in [0.1, 0.15) is 19.8 Å². The van der Waals surface area contributed by atoms with Crippen LogP contribution >= 0.6 is 7.82 Å². The minimum Gasteiger partial charge on any atom is -0.756 e. The molecule has 0 fully saturated rings. The first kappa shape index (κ1) is 70.0. The second-order valence-electron chi connectivity index (χ2n) is 22.8. The standard InChI is InChI=1S/C61H122NO8P/c1-6-8-10-12-14-16-18-20-22-24-25-26-27-28-29-30-31-32-33-34-35-36-37-38-40-42-44-46-48-50-52-54-61(64)70-59(58-69-71(65,66)68-56-55-62(3,4)5)57-67-60(63)53-51-49-47-45-43-41-39-23-21-19-17-15-13-11-9-7-2/h59H,6-58H2,1-5H3. The van der Waals surface area contributed by atoms with Gasteiger partial charge in [0.05, 0.1) is 27.7 Å². The number of nitrogens with zero attached hydrogens (tertiary/aromatic N) is 1. The number of ether oxygens (including phenoxy) is 2. The maximum Gasteiger partial charge on any atom is 0.306 e. The predicted molar refractivity (Wildman–Crippen MR) is 301 cm³/mol. The lowest BCUT2D eigenvalue weighted by molar-refractivity contribution is -0.870. The van der Waals surface area contributed by atoms with Crippen LogP contribution in [0.5, 0.6) is 0 Å². The largest absolute Gasteiger partial charge is 0.756 e. The fourth-order valence-corrected chi connectivity index (χ4v) is 10.3. The third-order valence-corrected chi connectivity index (χ3v) is 15.3. The lowest BCUT2D eigenvalue weighted by atomic mass is 10.0. The average molecular weight is 1030 g/mol. The van der Waals surface area contributed by atoms with E-state index < -0.39 is 26.5 Å². The van der Waals surface area contributed by atoms with E-state index in [0.717, 1.165) is 32.1 Å². The van der Waals surface area contributed by atoms with Crippen LogP contribution in [0, 0.1) is 0 Å². The molecule has 2 atom stereocenters. The number of quaternary nitrogens is 1. The van der Waals surface area contributed by atoms with Crippen LogP contribution in [0.3, 0.4) is 0 Å².